The molecule has 0 aromatic heterocycles. The molecular weight excluding hydrogens is 1290 g/mol. The lowest BCUT2D eigenvalue weighted by atomic mass is 9.91. The van der Waals surface area contributed by atoms with Crippen LogP contribution in [0.4, 0.5) is 0 Å². The average molecular weight is 1420 g/mol. The van der Waals surface area contributed by atoms with Crippen LogP contribution in [0.2, 0.25) is 0 Å². The summed E-state index contributed by atoms with van der Waals surface area (Å²) in [7, 11) is 9.88. The van der Waals surface area contributed by atoms with Crippen molar-refractivity contribution in [3.63, 3.8) is 0 Å². The molecule has 1 aromatic rings. The highest BCUT2D eigenvalue weighted by Gasteiger charge is 2.46. The van der Waals surface area contributed by atoms with Crippen LogP contribution in [0.3, 0.4) is 0 Å². The maximum Gasteiger partial charge on any atom is 0.251 e. The molecule has 1 saturated heterocycles. The number of likely N-dealkylation sites (N-methyl/N-ethyl adjacent to an activating group) is 7. The molecular formula is C74H127N13O14. The number of carbonyl (C=O) groups excluding carboxylic acids is 12. The van der Waals surface area contributed by atoms with E-state index in [1.165, 1.54) is 92.6 Å². The van der Waals surface area contributed by atoms with Gasteiger partial charge in [0.15, 0.2) is 0 Å². The number of benzene rings is 1. The number of rotatable bonds is 23. The number of aliphatic hydroxyl groups excluding tert-OH is 1. The number of allylic oxidation sites excluding steroid dienone is 2. The molecule has 1 fully saturated rings. The van der Waals surface area contributed by atoms with Crippen molar-refractivity contribution in [1.29, 1.82) is 0 Å². The molecule has 27 heteroatoms. The molecule has 0 saturated carbocycles. The van der Waals surface area contributed by atoms with Gasteiger partial charge in [-0.2, -0.15) is 0 Å². The number of aliphatic hydroxyl groups is 1. The van der Waals surface area contributed by atoms with Gasteiger partial charge in [-0.15, -0.1) is 0 Å². The molecule has 12 amide bonds. The van der Waals surface area contributed by atoms with E-state index in [0.717, 1.165) is 4.90 Å². The van der Waals surface area contributed by atoms with Gasteiger partial charge in [0.05, 0.1) is 19.3 Å². The Morgan fingerprint density at radius 2 is 0.950 bits per heavy atom. The Bertz CT molecular complexity index is 2960. The lowest BCUT2D eigenvalue weighted by Gasteiger charge is -2.41. The van der Waals surface area contributed by atoms with Crippen molar-refractivity contribution < 1.29 is 67.4 Å². The Morgan fingerprint density at radius 3 is 1.43 bits per heavy atom. The van der Waals surface area contributed by atoms with Crippen molar-refractivity contribution in [3.05, 3.63) is 47.5 Å². The average Bonchev–Trinajstić information content (AvgIpc) is 0.808. The Balaban J connectivity index is 3.17. The molecule has 0 radical (unpaired) electrons. The van der Waals surface area contributed by atoms with E-state index in [4.69, 9.17) is 10.5 Å². The van der Waals surface area contributed by atoms with E-state index >= 15 is 33.6 Å². The summed E-state index contributed by atoms with van der Waals surface area (Å²) in [5.41, 5.74) is 6.31. The van der Waals surface area contributed by atoms with Crippen LogP contribution in [0.25, 0.3) is 0 Å². The maximum atomic E-state index is 15.6. The van der Waals surface area contributed by atoms with Gasteiger partial charge in [-0.05, 0) is 118 Å². The molecule has 1 aliphatic rings. The second-order valence-corrected chi connectivity index (χ2v) is 29.9. The van der Waals surface area contributed by atoms with E-state index in [9.17, 15) is 29.1 Å². The van der Waals surface area contributed by atoms with Crippen LogP contribution in [0.1, 0.15) is 172 Å². The van der Waals surface area contributed by atoms with Gasteiger partial charge in [-0.3, -0.25) is 57.5 Å². The summed E-state index contributed by atoms with van der Waals surface area (Å²) in [4.78, 5) is 187. The Kier molecular flexibility index (Phi) is 37.4. The number of carbonyl (C=O) groups is 12. The molecule has 0 aliphatic carbocycles. The molecule has 2 rings (SSSR count). The quantitative estimate of drug-likeness (QED) is 0.0608. The number of hydrogen-bond acceptors (Lipinski definition) is 15. The summed E-state index contributed by atoms with van der Waals surface area (Å²) in [6.07, 6.45) is 2.45. The first-order valence-corrected chi connectivity index (χ1v) is 36.1. The minimum Gasteiger partial charge on any atom is -0.390 e. The zero-order chi connectivity index (χ0) is 77.4. The fraction of sp³-hybridized carbons (Fsp3) is 0.730. The predicted molar refractivity (Wildman–Crippen MR) is 390 cm³/mol. The summed E-state index contributed by atoms with van der Waals surface area (Å²) in [6, 6.07) is -8.07. The topological polar surface area (TPSA) is 343 Å². The summed E-state index contributed by atoms with van der Waals surface area (Å²) < 4.78 is 5.40. The van der Waals surface area contributed by atoms with Crippen molar-refractivity contribution in [2.45, 2.75) is 235 Å². The van der Waals surface area contributed by atoms with Crippen molar-refractivity contribution in [1.82, 2.24) is 60.9 Å². The highest BCUT2D eigenvalue weighted by molar-refractivity contribution is 6.00. The lowest BCUT2D eigenvalue weighted by Crippen LogP contribution is -2.64. The van der Waals surface area contributed by atoms with E-state index in [-0.39, 0.29) is 87.3 Å². The van der Waals surface area contributed by atoms with Crippen LogP contribution in [0.5, 0.6) is 0 Å². The number of hydrogen-bond donors (Lipinski definition) is 7. The SMILES string of the molecule is C/C=C/C[C@@H](C)[C@@H](O)[C@H]1C(=O)N[C@@H](CC)C(=O)N(C)C(Cc2ccc(C(=O)NCCOCCN)cc2)C(=O)N(C)[C@@H](CC(C)C)C(=O)N[C@@H](C(C)C)C(=O)N(C)[C@@H](CC(C)C)C(=O)N[C@@H](C)C(=O)N[C@H](C)C(=O)N(C)[C@@H](CC(C)C)C(=O)N(C)[C@@H](CC(C)C)C(=O)N(C)[C@@H](C(C)C)C(=O)N1C. The van der Waals surface area contributed by atoms with Crippen molar-refractivity contribution in [3.8, 4) is 0 Å². The third kappa shape index (κ3) is 25.7. The highest BCUT2D eigenvalue weighted by Crippen LogP contribution is 2.27. The monoisotopic (exact) mass is 1420 g/mol. The van der Waals surface area contributed by atoms with Gasteiger partial charge in [0, 0.05) is 74.4 Å². The van der Waals surface area contributed by atoms with E-state index < -0.39 is 161 Å². The van der Waals surface area contributed by atoms with Gasteiger partial charge in [0.2, 0.25) is 65.0 Å². The second kappa shape index (κ2) is 42.2. The summed E-state index contributed by atoms with van der Waals surface area (Å²) >= 11 is 0. The van der Waals surface area contributed by atoms with Crippen LogP contribution in [0, 0.1) is 41.4 Å². The van der Waals surface area contributed by atoms with Gasteiger partial charge >= 0.3 is 0 Å². The van der Waals surface area contributed by atoms with Crippen LogP contribution in [-0.2, 0) is 63.9 Å². The third-order valence-corrected chi connectivity index (χ3v) is 18.8. The molecule has 1 unspecified atom stereocenters. The van der Waals surface area contributed by atoms with Gasteiger partial charge in [0.25, 0.3) is 5.91 Å². The van der Waals surface area contributed by atoms with Crippen LogP contribution in [-0.4, -0.2) is 258 Å². The zero-order valence-electron chi connectivity index (χ0n) is 65.2. The van der Waals surface area contributed by atoms with E-state index in [0.29, 0.717) is 18.7 Å². The van der Waals surface area contributed by atoms with E-state index in [2.05, 4.69) is 26.6 Å². The van der Waals surface area contributed by atoms with Gasteiger partial charge in [-0.1, -0.05) is 121 Å². The number of amides is 12. The highest BCUT2D eigenvalue weighted by atomic mass is 16.5. The minimum absolute atomic E-state index is 0.0666. The van der Waals surface area contributed by atoms with Gasteiger partial charge in [-0.25, -0.2) is 0 Å². The third-order valence-electron chi connectivity index (χ3n) is 18.8. The number of nitrogens with one attached hydrogen (secondary N) is 5. The smallest absolute Gasteiger partial charge is 0.251 e. The summed E-state index contributed by atoms with van der Waals surface area (Å²) in [5.74, 6) is -11.0. The molecule has 572 valence electrons. The van der Waals surface area contributed by atoms with Crippen molar-refractivity contribution in [2.75, 3.05) is 75.6 Å². The number of ether oxygens (including phenoxy) is 1. The predicted octanol–water partition coefficient (Wildman–Crippen LogP) is 3.59. The molecule has 1 aromatic carbocycles. The molecule has 1 heterocycles. The standard InChI is InChI=1S/C74H127N13O14/c1-25-27-28-48(15)62(88)61-67(93)79-53(26-2)69(95)84(21)58(41-51-29-31-52(32-30-51)64(90)76-34-36-101-35-33-75)71(97)81(18)55(38-43(5)6)66(92)80-59(46(11)12)73(99)82(19)54(37-42(3)4)65(91)77-49(16)63(89)78-50(17)68(94)83(20)56(39-44(7)8)70(96)85(22)57(40-45(9)10)72(98)86(23)60(47(13)14)74(100)87(61)24/h25,27,29-32,42-50,53-62,88H,26,28,33-41,75H2,1-24H3,(H,76,90)(H,77,91)(H,78,89)(H,79,93)(H,80,92)/b27-25+/t48-,49+,50-,53+,54+,55+,56+,57+,58?,59+,60+,61+,62-/m1/s1. The molecule has 0 bridgehead atoms. The lowest BCUT2D eigenvalue weighted by molar-refractivity contribution is -0.157. The normalized spacial score (nSPS) is 25.2. The van der Waals surface area contributed by atoms with Gasteiger partial charge in [0.1, 0.15) is 66.5 Å². The summed E-state index contributed by atoms with van der Waals surface area (Å²) in [6.45, 7) is 30.8. The maximum absolute atomic E-state index is 15.6. The second-order valence-electron chi connectivity index (χ2n) is 29.9. The van der Waals surface area contributed by atoms with Crippen molar-refractivity contribution in [2.24, 2.45) is 47.2 Å². The first-order valence-electron chi connectivity index (χ1n) is 36.1. The largest absolute Gasteiger partial charge is 0.390 e. The Morgan fingerprint density at radius 1 is 0.515 bits per heavy atom. The number of nitrogens with zero attached hydrogens (tertiary/aromatic N) is 7. The molecule has 8 N–H and O–H groups in total. The van der Waals surface area contributed by atoms with Gasteiger partial charge < -0.3 is 76.5 Å². The van der Waals surface area contributed by atoms with E-state index in [1.807, 2.05) is 55.4 Å². The fourth-order valence-corrected chi connectivity index (χ4v) is 12.6. The van der Waals surface area contributed by atoms with Crippen LogP contribution in [0.15, 0.2) is 36.4 Å². The minimum atomic E-state index is -1.69. The molecule has 101 heavy (non-hydrogen) atoms. The molecule has 0 spiro atoms. The number of nitrogens with two attached hydrogens (primary N) is 1. The first-order chi connectivity index (χ1) is 47.0. The Labute approximate surface area is 602 Å². The first kappa shape index (κ1) is 89.6. The van der Waals surface area contributed by atoms with Crippen LogP contribution < -0.4 is 32.3 Å². The van der Waals surface area contributed by atoms with E-state index in [1.54, 1.807) is 84.9 Å². The molecule has 13 atom stereocenters. The van der Waals surface area contributed by atoms with Crippen molar-refractivity contribution >= 4 is 70.9 Å². The summed E-state index contributed by atoms with van der Waals surface area (Å²) in [5, 5.41) is 26.3. The van der Waals surface area contributed by atoms with Crippen LogP contribution >= 0.6 is 0 Å². The zero-order valence-corrected chi connectivity index (χ0v) is 65.2. The Hall–Kier alpha value is -7.52. The fourth-order valence-electron chi connectivity index (χ4n) is 12.6. The molecule has 27 nitrogen and oxygen atoms in total. The molecule has 1 aliphatic heterocycles.